The lowest BCUT2D eigenvalue weighted by Crippen LogP contribution is -2.14. The summed E-state index contributed by atoms with van der Waals surface area (Å²) in [5.41, 5.74) is -2.04. The molecule has 0 aliphatic heterocycles. The Morgan fingerprint density at radius 3 is 2.56 bits per heavy atom. The van der Waals surface area contributed by atoms with Gasteiger partial charge in [0.15, 0.2) is 12.4 Å². The first-order valence-corrected chi connectivity index (χ1v) is 4.50. The highest BCUT2D eigenvalue weighted by Gasteiger charge is 2.29. The first kappa shape index (κ1) is 13.3. The third kappa shape index (κ3) is 2.31. The minimum atomic E-state index is -2.18. The van der Waals surface area contributed by atoms with Crippen molar-refractivity contribution in [2.75, 3.05) is 0 Å². The van der Waals surface area contributed by atoms with Gasteiger partial charge in [-0.2, -0.15) is 5.26 Å². The Kier molecular flexibility index (Phi) is 3.71. The number of nitro groups is 1. The number of benzene rings is 1. The molecule has 0 amide bonds. The molecule has 0 saturated heterocycles. The van der Waals surface area contributed by atoms with Crippen LogP contribution in [0, 0.1) is 21.4 Å². The summed E-state index contributed by atoms with van der Waals surface area (Å²) in [5, 5.41) is 37.4. The molecule has 0 radical (unpaired) electrons. The van der Waals surface area contributed by atoms with Gasteiger partial charge in [-0.1, -0.05) is 0 Å². The molecular weight excluding hydrogens is 244 g/mol. The van der Waals surface area contributed by atoms with Crippen molar-refractivity contribution in [3.05, 3.63) is 38.9 Å². The first-order valence-electron chi connectivity index (χ1n) is 4.50. The average molecular weight is 250 g/mol. The van der Waals surface area contributed by atoms with E-state index in [9.17, 15) is 24.8 Å². The number of carboxylic acids is 1. The lowest BCUT2D eigenvalue weighted by atomic mass is 10.00. The maximum Gasteiger partial charge on any atom is 0.337 e. The van der Waals surface area contributed by atoms with Crippen molar-refractivity contribution in [1.82, 2.24) is 0 Å². The number of carboxylic acid groups (broad SMARTS) is 1. The zero-order valence-electron chi connectivity index (χ0n) is 8.73. The molecule has 0 aliphatic rings. The zero-order valence-corrected chi connectivity index (χ0v) is 8.73. The monoisotopic (exact) mass is 250 g/mol. The Morgan fingerprint density at radius 2 is 2.17 bits per heavy atom. The highest BCUT2D eigenvalue weighted by atomic mass is 16.6. The van der Waals surface area contributed by atoms with E-state index < -0.39 is 33.8 Å². The van der Waals surface area contributed by atoms with Gasteiger partial charge in [-0.15, -0.1) is 0 Å². The van der Waals surface area contributed by atoms with Crippen molar-refractivity contribution >= 4 is 17.9 Å². The molecule has 1 rings (SSSR count). The minimum Gasteiger partial charge on any atom is -0.479 e. The number of nitro benzene ring substituents is 1. The normalized spacial score (nSPS) is 11.3. The molecule has 0 spiro atoms. The van der Waals surface area contributed by atoms with Crippen LogP contribution in [-0.4, -0.2) is 27.4 Å². The van der Waals surface area contributed by atoms with Crippen LogP contribution in [0.2, 0.25) is 0 Å². The highest BCUT2D eigenvalue weighted by molar-refractivity contribution is 5.86. The SMILES string of the molecule is N#Cc1cc(C=O)c([N+](=O)[O-])c(C(O)C(=O)O)c1. The number of aliphatic carboxylic acids is 1. The molecule has 0 heterocycles. The van der Waals surface area contributed by atoms with Gasteiger partial charge in [0, 0.05) is 0 Å². The van der Waals surface area contributed by atoms with E-state index in [0.29, 0.717) is 0 Å². The number of aldehydes is 1. The molecule has 18 heavy (non-hydrogen) atoms. The number of nitriles is 1. The standard InChI is InChI=1S/C10H6N2O6/c11-3-5-1-6(4-13)8(12(17)18)7(2-5)9(14)10(15)16/h1-2,4,9,14H,(H,15,16). The smallest absolute Gasteiger partial charge is 0.337 e. The Hall–Kier alpha value is -2.79. The van der Waals surface area contributed by atoms with Gasteiger partial charge in [-0.3, -0.25) is 14.9 Å². The van der Waals surface area contributed by atoms with Crippen molar-refractivity contribution in [2.45, 2.75) is 6.10 Å². The van der Waals surface area contributed by atoms with Crippen molar-refractivity contribution in [3.8, 4) is 6.07 Å². The Morgan fingerprint density at radius 1 is 1.56 bits per heavy atom. The summed E-state index contributed by atoms with van der Waals surface area (Å²) in [6.45, 7) is 0. The van der Waals surface area contributed by atoms with Crippen LogP contribution in [-0.2, 0) is 4.79 Å². The van der Waals surface area contributed by atoms with E-state index in [-0.39, 0.29) is 11.8 Å². The molecule has 1 aromatic carbocycles. The topological polar surface area (TPSA) is 142 Å². The quantitative estimate of drug-likeness (QED) is 0.447. The number of nitrogens with zero attached hydrogens (tertiary/aromatic N) is 2. The fraction of sp³-hybridized carbons (Fsp3) is 0.100. The number of carbonyl (C=O) groups is 2. The van der Waals surface area contributed by atoms with Gasteiger partial charge in [0.05, 0.1) is 27.7 Å². The van der Waals surface area contributed by atoms with Gasteiger partial charge in [0.25, 0.3) is 5.69 Å². The van der Waals surface area contributed by atoms with E-state index in [2.05, 4.69) is 0 Å². The summed E-state index contributed by atoms with van der Waals surface area (Å²) in [6.07, 6.45) is -2.06. The van der Waals surface area contributed by atoms with Gasteiger partial charge in [0.2, 0.25) is 0 Å². The molecule has 92 valence electrons. The zero-order chi connectivity index (χ0) is 13.9. The summed E-state index contributed by atoms with van der Waals surface area (Å²) in [6, 6.07) is 3.43. The second-order valence-electron chi connectivity index (χ2n) is 3.23. The van der Waals surface area contributed by atoms with Crippen molar-refractivity contribution < 1.29 is 24.7 Å². The molecule has 1 aromatic rings. The third-order valence-corrected chi connectivity index (χ3v) is 2.14. The molecule has 1 unspecified atom stereocenters. The molecule has 2 N–H and O–H groups in total. The van der Waals surface area contributed by atoms with E-state index in [1.54, 1.807) is 6.07 Å². The lowest BCUT2D eigenvalue weighted by molar-refractivity contribution is -0.386. The van der Waals surface area contributed by atoms with Crippen LogP contribution >= 0.6 is 0 Å². The summed E-state index contributed by atoms with van der Waals surface area (Å²) < 4.78 is 0. The van der Waals surface area contributed by atoms with E-state index >= 15 is 0 Å². The van der Waals surface area contributed by atoms with Gasteiger partial charge >= 0.3 is 5.97 Å². The van der Waals surface area contributed by atoms with Crippen molar-refractivity contribution in [1.29, 1.82) is 5.26 Å². The van der Waals surface area contributed by atoms with Crippen LogP contribution < -0.4 is 0 Å². The number of carbonyl (C=O) groups excluding carboxylic acids is 1. The molecule has 1 atom stereocenters. The van der Waals surface area contributed by atoms with Crippen LogP contribution in [0.4, 0.5) is 5.69 Å². The van der Waals surface area contributed by atoms with Crippen LogP contribution in [0.1, 0.15) is 27.6 Å². The molecule has 0 aromatic heterocycles. The molecule has 0 saturated carbocycles. The van der Waals surface area contributed by atoms with E-state index in [1.807, 2.05) is 0 Å². The number of aliphatic hydroxyl groups is 1. The summed E-state index contributed by atoms with van der Waals surface area (Å²) in [7, 11) is 0. The van der Waals surface area contributed by atoms with Crippen molar-refractivity contribution in [2.24, 2.45) is 0 Å². The largest absolute Gasteiger partial charge is 0.479 e. The van der Waals surface area contributed by atoms with Crippen LogP contribution in [0.25, 0.3) is 0 Å². The maximum absolute atomic E-state index is 10.8. The van der Waals surface area contributed by atoms with Crippen LogP contribution in [0.15, 0.2) is 12.1 Å². The first-order chi connectivity index (χ1) is 8.42. The predicted octanol–water partition coefficient (Wildman–Crippen LogP) is 0.397. The maximum atomic E-state index is 10.8. The minimum absolute atomic E-state index is 0.122. The summed E-state index contributed by atoms with van der Waals surface area (Å²) in [4.78, 5) is 31.1. The van der Waals surface area contributed by atoms with Gasteiger partial charge in [0.1, 0.15) is 0 Å². The average Bonchev–Trinajstić information content (AvgIpc) is 2.35. The number of rotatable bonds is 4. The van der Waals surface area contributed by atoms with E-state index in [4.69, 9.17) is 10.4 Å². The molecular formula is C10H6N2O6. The second-order valence-corrected chi connectivity index (χ2v) is 3.23. The number of aliphatic hydroxyl groups excluding tert-OH is 1. The molecule has 0 aliphatic carbocycles. The molecule has 8 nitrogen and oxygen atoms in total. The van der Waals surface area contributed by atoms with Gasteiger partial charge < -0.3 is 10.2 Å². The lowest BCUT2D eigenvalue weighted by Gasteiger charge is -2.08. The van der Waals surface area contributed by atoms with Crippen LogP contribution in [0.5, 0.6) is 0 Å². The van der Waals surface area contributed by atoms with Crippen LogP contribution in [0.3, 0.4) is 0 Å². The highest BCUT2D eigenvalue weighted by Crippen LogP contribution is 2.29. The Balaban J connectivity index is 3.65. The predicted molar refractivity (Wildman–Crippen MR) is 55.8 cm³/mol. The fourth-order valence-electron chi connectivity index (χ4n) is 1.39. The Bertz CT molecular complexity index is 574. The number of hydrogen-bond donors (Lipinski definition) is 2. The molecule has 0 bridgehead atoms. The van der Waals surface area contributed by atoms with Gasteiger partial charge in [-0.05, 0) is 12.1 Å². The van der Waals surface area contributed by atoms with Gasteiger partial charge in [-0.25, -0.2) is 4.79 Å². The van der Waals surface area contributed by atoms with E-state index in [0.717, 1.165) is 12.1 Å². The third-order valence-electron chi connectivity index (χ3n) is 2.14. The van der Waals surface area contributed by atoms with Crippen molar-refractivity contribution in [3.63, 3.8) is 0 Å². The number of hydrogen-bond acceptors (Lipinski definition) is 6. The Labute approximate surface area is 99.8 Å². The molecule has 0 fully saturated rings. The second kappa shape index (κ2) is 5.03. The molecule has 8 heteroatoms. The summed E-state index contributed by atoms with van der Waals surface area (Å²) in [5.74, 6) is -1.72. The fourth-order valence-corrected chi connectivity index (χ4v) is 1.39. The van der Waals surface area contributed by atoms with E-state index in [1.165, 1.54) is 0 Å². The summed E-state index contributed by atoms with van der Waals surface area (Å²) >= 11 is 0.